The number of rotatable bonds is 8. The second-order valence-electron chi connectivity index (χ2n) is 5.25. The molecular weight excluding hydrogens is 294 g/mol. The zero-order chi connectivity index (χ0) is 16.7. The maximum absolute atomic E-state index is 10.9. The number of ether oxygens (including phenoxy) is 2. The molecule has 5 nitrogen and oxygen atoms in total. The Morgan fingerprint density at radius 3 is 2.52 bits per heavy atom. The minimum Gasteiger partial charge on any atom is -0.481 e. The monoisotopic (exact) mass is 315 g/mol. The molecule has 0 saturated heterocycles. The molecule has 0 spiro atoms. The van der Waals surface area contributed by atoms with Crippen LogP contribution in [0.3, 0.4) is 0 Å². The Labute approximate surface area is 135 Å². The number of benzene rings is 1. The molecule has 2 aromatic rings. The fourth-order valence-electron chi connectivity index (χ4n) is 2.14. The molecule has 122 valence electrons. The van der Waals surface area contributed by atoms with Gasteiger partial charge in [0.1, 0.15) is 6.61 Å². The van der Waals surface area contributed by atoms with Crippen molar-refractivity contribution in [2.45, 2.75) is 33.0 Å². The number of aromatic nitrogens is 1. The Kier molecular flexibility index (Phi) is 6.11. The summed E-state index contributed by atoms with van der Waals surface area (Å²) in [7, 11) is 0. The third-order valence-corrected chi connectivity index (χ3v) is 3.37. The van der Waals surface area contributed by atoms with Crippen LogP contribution in [-0.4, -0.2) is 22.7 Å². The minimum absolute atomic E-state index is 0.0842. The summed E-state index contributed by atoms with van der Waals surface area (Å²) < 4.78 is 11.1. The van der Waals surface area contributed by atoms with Gasteiger partial charge in [-0.05, 0) is 31.0 Å². The van der Waals surface area contributed by atoms with Gasteiger partial charge in [0.2, 0.25) is 5.88 Å². The van der Waals surface area contributed by atoms with Gasteiger partial charge in [0.25, 0.3) is 0 Å². The summed E-state index contributed by atoms with van der Waals surface area (Å²) >= 11 is 0. The molecule has 5 heteroatoms. The van der Waals surface area contributed by atoms with Crippen molar-refractivity contribution in [2.75, 3.05) is 6.61 Å². The highest BCUT2D eigenvalue weighted by atomic mass is 16.5. The molecule has 0 radical (unpaired) electrons. The Morgan fingerprint density at radius 1 is 1.22 bits per heavy atom. The highest BCUT2D eigenvalue weighted by Gasteiger charge is 2.16. The second-order valence-corrected chi connectivity index (χ2v) is 5.25. The van der Waals surface area contributed by atoms with Crippen molar-refractivity contribution in [1.82, 2.24) is 4.98 Å². The number of carboxylic acids is 1. The summed E-state index contributed by atoms with van der Waals surface area (Å²) in [6.07, 6.45) is 1.03. The van der Waals surface area contributed by atoms with Gasteiger partial charge < -0.3 is 14.6 Å². The molecule has 1 N–H and O–H groups in total. The Bertz CT molecular complexity index is 622. The maximum atomic E-state index is 10.9. The average Bonchev–Trinajstić information content (AvgIpc) is 2.54. The first-order chi connectivity index (χ1) is 11.1. The van der Waals surface area contributed by atoms with Gasteiger partial charge in [-0.2, -0.15) is 0 Å². The van der Waals surface area contributed by atoms with Crippen LogP contribution in [0.15, 0.2) is 42.6 Å². The van der Waals surface area contributed by atoms with Gasteiger partial charge in [0.05, 0.1) is 12.5 Å². The number of hydrogen-bond donors (Lipinski definition) is 1. The summed E-state index contributed by atoms with van der Waals surface area (Å²) in [5.74, 6) is -0.400. The first-order valence-corrected chi connectivity index (χ1v) is 7.56. The van der Waals surface area contributed by atoms with Crippen molar-refractivity contribution in [1.29, 1.82) is 0 Å². The molecule has 2 rings (SSSR count). The lowest BCUT2D eigenvalue weighted by Crippen LogP contribution is -2.10. The SMILES string of the molecule is CCO[C@@H](CC(=O)O)c1ccc(OCc2ccc(C)cc2)nc1. The highest BCUT2D eigenvalue weighted by Crippen LogP contribution is 2.22. The van der Waals surface area contributed by atoms with Gasteiger partial charge in [-0.25, -0.2) is 4.98 Å². The molecular formula is C18H21NO4. The zero-order valence-corrected chi connectivity index (χ0v) is 13.4. The molecule has 1 heterocycles. The van der Waals surface area contributed by atoms with Crippen molar-refractivity contribution in [3.8, 4) is 5.88 Å². The third kappa shape index (κ3) is 5.38. The fourth-order valence-corrected chi connectivity index (χ4v) is 2.14. The molecule has 0 unspecified atom stereocenters. The molecule has 1 atom stereocenters. The number of pyridine rings is 1. The maximum Gasteiger partial charge on any atom is 0.306 e. The minimum atomic E-state index is -0.900. The van der Waals surface area contributed by atoms with Crippen molar-refractivity contribution >= 4 is 5.97 Å². The molecule has 0 fully saturated rings. The molecule has 0 aliphatic heterocycles. The van der Waals surface area contributed by atoms with Crippen molar-refractivity contribution in [3.63, 3.8) is 0 Å². The quantitative estimate of drug-likeness (QED) is 0.807. The number of nitrogens with zero attached hydrogens (tertiary/aromatic N) is 1. The van der Waals surface area contributed by atoms with Gasteiger partial charge in [-0.1, -0.05) is 29.8 Å². The molecule has 23 heavy (non-hydrogen) atoms. The van der Waals surface area contributed by atoms with E-state index >= 15 is 0 Å². The van der Waals surface area contributed by atoms with Crippen LogP contribution < -0.4 is 4.74 Å². The predicted octanol–water partition coefficient (Wildman–Crippen LogP) is 3.52. The number of aryl methyl sites for hydroxylation is 1. The number of carboxylic acid groups (broad SMARTS) is 1. The molecule has 0 saturated carbocycles. The third-order valence-electron chi connectivity index (χ3n) is 3.37. The van der Waals surface area contributed by atoms with Gasteiger partial charge in [0, 0.05) is 18.9 Å². The second kappa shape index (κ2) is 8.29. The van der Waals surface area contributed by atoms with E-state index < -0.39 is 12.1 Å². The topological polar surface area (TPSA) is 68.7 Å². The standard InChI is InChI=1S/C18H21NO4/c1-3-22-16(10-18(20)21)15-8-9-17(19-11-15)23-12-14-6-4-13(2)5-7-14/h4-9,11,16H,3,10,12H2,1-2H3,(H,20,21)/t16-/m0/s1. The fraction of sp³-hybridized carbons (Fsp3) is 0.333. The number of carbonyl (C=O) groups is 1. The first kappa shape index (κ1) is 17.0. The average molecular weight is 315 g/mol. The van der Waals surface area contributed by atoms with E-state index in [0.717, 1.165) is 11.1 Å². The molecule has 1 aromatic heterocycles. The van der Waals surface area contributed by atoms with E-state index in [4.69, 9.17) is 14.6 Å². The summed E-state index contributed by atoms with van der Waals surface area (Å²) in [6.45, 7) is 4.76. The van der Waals surface area contributed by atoms with Crippen LogP contribution in [0.2, 0.25) is 0 Å². The van der Waals surface area contributed by atoms with Crippen LogP contribution in [0.5, 0.6) is 5.88 Å². The van der Waals surface area contributed by atoms with E-state index in [1.165, 1.54) is 5.56 Å². The predicted molar refractivity (Wildman–Crippen MR) is 86.4 cm³/mol. The molecule has 0 aliphatic rings. The Morgan fingerprint density at radius 2 is 1.96 bits per heavy atom. The smallest absolute Gasteiger partial charge is 0.306 e. The van der Waals surface area contributed by atoms with Gasteiger partial charge >= 0.3 is 5.97 Å². The van der Waals surface area contributed by atoms with Crippen LogP contribution in [0.4, 0.5) is 0 Å². The Balaban J connectivity index is 1.97. The normalized spacial score (nSPS) is 11.9. The summed E-state index contributed by atoms with van der Waals surface area (Å²) in [6, 6.07) is 11.6. The lowest BCUT2D eigenvalue weighted by atomic mass is 10.1. The van der Waals surface area contributed by atoms with Crippen LogP contribution in [0, 0.1) is 6.92 Å². The van der Waals surface area contributed by atoms with Crippen LogP contribution in [-0.2, 0) is 16.1 Å². The lowest BCUT2D eigenvalue weighted by Gasteiger charge is -2.15. The summed E-state index contributed by atoms with van der Waals surface area (Å²) in [5, 5.41) is 8.93. The molecule has 0 aliphatic carbocycles. The van der Waals surface area contributed by atoms with Crippen LogP contribution in [0.25, 0.3) is 0 Å². The summed E-state index contributed by atoms with van der Waals surface area (Å²) in [4.78, 5) is 15.1. The van der Waals surface area contributed by atoms with E-state index in [9.17, 15) is 4.79 Å². The molecule has 0 bridgehead atoms. The van der Waals surface area contributed by atoms with E-state index in [1.54, 1.807) is 18.3 Å². The van der Waals surface area contributed by atoms with Gasteiger partial charge in [-0.15, -0.1) is 0 Å². The van der Waals surface area contributed by atoms with Gasteiger partial charge in [-0.3, -0.25) is 4.79 Å². The summed E-state index contributed by atoms with van der Waals surface area (Å²) in [5.41, 5.74) is 3.01. The molecule has 0 amide bonds. The number of aliphatic carboxylic acids is 1. The highest BCUT2D eigenvalue weighted by molar-refractivity contribution is 5.67. The lowest BCUT2D eigenvalue weighted by molar-refractivity contribution is -0.140. The zero-order valence-electron chi connectivity index (χ0n) is 13.4. The molecule has 1 aromatic carbocycles. The number of hydrogen-bond acceptors (Lipinski definition) is 4. The van der Waals surface area contributed by atoms with Crippen molar-refractivity contribution in [2.24, 2.45) is 0 Å². The van der Waals surface area contributed by atoms with Gasteiger partial charge in [0.15, 0.2) is 0 Å². The van der Waals surface area contributed by atoms with E-state index in [2.05, 4.69) is 4.98 Å². The van der Waals surface area contributed by atoms with E-state index in [1.807, 2.05) is 38.1 Å². The Hall–Kier alpha value is -2.40. The largest absolute Gasteiger partial charge is 0.481 e. The van der Waals surface area contributed by atoms with Crippen molar-refractivity contribution in [3.05, 3.63) is 59.3 Å². The van der Waals surface area contributed by atoms with Crippen LogP contribution in [0.1, 0.15) is 36.1 Å². The van der Waals surface area contributed by atoms with Crippen LogP contribution >= 0.6 is 0 Å². The van der Waals surface area contributed by atoms with E-state index in [-0.39, 0.29) is 6.42 Å². The first-order valence-electron chi connectivity index (χ1n) is 7.56. The van der Waals surface area contributed by atoms with Crippen molar-refractivity contribution < 1.29 is 19.4 Å². The van der Waals surface area contributed by atoms with E-state index in [0.29, 0.717) is 19.1 Å².